The molecular weight excluding hydrogens is 623 g/mol. The predicted molar refractivity (Wildman–Crippen MR) is 210 cm³/mol. The molecule has 1 aliphatic rings. The van der Waals surface area contributed by atoms with E-state index in [-0.39, 0.29) is 12.3 Å². The van der Waals surface area contributed by atoms with Gasteiger partial charge in [0.25, 0.3) is 0 Å². The molecule has 0 radical (unpaired) electrons. The highest BCUT2D eigenvalue weighted by Crippen LogP contribution is 2.42. The van der Waals surface area contributed by atoms with Gasteiger partial charge in [-0.1, -0.05) is 140 Å². The Bertz CT molecular complexity index is 2680. The summed E-state index contributed by atoms with van der Waals surface area (Å²) >= 11 is 0. The first-order valence-corrected chi connectivity index (χ1v) is 17.7. The summed E-state index contributed by atoms with van der Waals surface area (Å²) in [5.74, 6) is 0. The molecule has 0 bridgehead atoms. The van der Waals surface area contributed by atoms with Gasteiger partial charge in [-0.2, -0.15) is 0 Å². The van der Waals surface area contributed by atoms with Crippen LogP contribution in [0.3, 0.4) is 0 Å². The molecule has 10 rings (SSSR count). The molecule has 3 N–H and O–H groups in total. The van der Waals surface area contributed by atoms with Crippen molar-refractivity contribution in [1.29, 1.82) is 0 Å². The fourth-order valence-corrected chi connectivity index (χ4v) is 8.24. The number of benzene rings is 7. The van der Waals surface area contributed by atoms with Crippen molar-refractivity contribution in [2.24, 2.45) is 0 Å². The highest BCUT2D eigenvalue weighted by molar-refractivity contribution is 6.23. The summed E-state index contributed by atoms with van der Waals surface area (Å²) in [6.07, 6.45) is -0.144. The lowest BCUT2D eigenvalue weighted by Crippen LogP contribution is -2.64. The lowest BCUT2D eigenvalue weighted by atomic mass is 9.96. The van der Waals surface area contributed by atoms with Gasteiger partial charge in [-0.25, -0.2) is 0 Å². The number of rotatable bonds is 5. The first-order chi connectivity index (χ1) is 25.2. The SMILES string of the molecule is CC1(c2ccccc2)NC(c2ccccc2)NC(c2ccc(-n3c4ccccc4c4ccc5c6ccccc6n(-c6ccccc6)c5c43)cc2)N1. The Morgan fingerprint density at radius 3 is 1.39 bits per heavy atom. The molecule has 246 valence electrons. The van der Waals surface area contributed by atoms with Gasteiger partial charge in [0.1, 0.15) is 0 Å². The topological polar surface area (TPSA) is 46.0 Å². The number of hydrogen-bond donors (Lipinski definition) is 3. The van der Waals surface area contributed by atoms with Crippen molar-refractivity contribution in [3.63, 3.8) is 0 Å². The average molecular weight is 660 g/mol. The molecule has 2 aromatic heterocycles. The summed E-state index contributed by atoms with van der Waals surface area (Å²) in [5, 5.41) is 16.6. The molecule has 3 unspecified atom stereocenters. The van der Waals surface area contributed by atoms with E-state index < -0.39 is 5.66 Å². The fraction of sp³-hybridized carbons (Fsp3) is 0.0870. The number of fused-ring (bicyclic) bond motifs is 7. The molecule has 0 saturated carbocycles. The van der Waals surface area contributed by atoms with Crippen molar-refractivity contribution in [3.8, 4) is 11.4 Å². The van der Waals surface area contributed by atoms with Gasteiger partial charge < -0.3 is 9.13 Å². The molecule has 3 heterocycles. The van der Waals surface area contributed by atoms with Gasteiger partial charge in [0.2, 0.25) is 0 Å². The van der Waals surface area contributed by atoms with Crippen LogP contribution in [0.2, 0.25) is 0 Å². The molecule has 1 saturated heterocycles. The molecule has 9 aromatic rings. The van der Waals surface area contributed by atoms with Crippen LogP contribution >= 0.6 is 0 Å². The van der Waals surface area contributed by atoms with Gasteiger partial charge in [-0.3, -0.25) is 16.0 Å². The number of para-hydroxylation sites is 3. The highest BCUT2D eigenvalue weighted by atomic mass is 15.4. The highest BCUT2D eigenvalue weighted by Gasteiger charge is 2.38. The lowest BCUT2D eigenvalue weighted by molar-refractivity contribution is 0.123. The van der Waals surface area contributed by atoms with Crippen molar-refractivity contribution in [3.05, 3.63) is 193 Å². The van der Waals surface area contributed by atoms with E-state index in [1.165, 1.54) is 60.3 Å². The molecule has 1 fully saturated rings. The van der Waals surface area contributed by atoms with Gasteiger partial charge in [0.15, 0.2) is 0 Å². The average Bonchev–Trinajstić information content (AvgIpc) is 3.72. The second-order valence-electron chi connectivity index (χ2n) is 13.7. The van der Waals surface area contributed by atoms with Gasteiger partial charge in [-0.15, -0.1) is 0 Å². The maximum Gasteiger partial charge on any atom is 0.0949 e. The fourth-order valence-electron chi connectivity index (χ4n) is 8.24. The molecule has 0 amide bonds. The Kier molecular flexibility index (Phi) is 6.93. The Hall–Kier alpha value is -5.98. The Labute approximate surface area is 296 Å². The van der Waals surface area contributed by atoms with Crippen LogP contribution in [0.1, 0.15) is 35.9 Å². The molecule has 7 aromatic carbocycles. The second-order valence-corrected chi connectivity index (χ2v) is 13.7. The molecule has 1 aliphatic heterocycles. The van der Waals surface area contributed by atoms with E-state index in [0.29, 0.717) is 0 Å². The standard InChI is InChI=1S/C46H37N5/c1-46(33-17-7-3-8-18-33)48-44(31-15-5-2-6-16-31)47-45(49-46)32-25-27-35(28-26-32)51-41-24-14-12-22-37(41)39-30-29-38-36-21-11-13-23-40(36)50(42(38)43(39)51)34-19-9-4-10-20-34/h2-30,44-45,47-49H,1H3. The minimum absolute atomic E-state index is 0.0483. The van der Waals surface area contributed by atoms with Crippen LogP contribution in [0, 0.1) is 0 Å². The zero-order valence-corrected chi connectivity index (χ0v) is 28.3. The Morgan fingerprint density at radius 1 is 0.412 bits per heavy atom. The summed E-state index contributed by atoms with van der Waals surface area (Å²) in [7, 11) is 0. The van der Waals surface area contributed by atoms with Crippen molar-refractivity contribution < 1.29 is 0 Å². The third-order valence-corrected chi connectivity index (χ3v) is 10.7. The number of nitrogens with zero attached hydrogens (tertiary/aromatic N) is 2. The quantitative estimate of drug-likeness (QED) is 0.172. The van der Waals surface area contributed by atoms with Crippen LogP contribution < -0.4 is 16.0 Å². The first kappa shape index (κ1) is 29.9. The van der Waals surface area contributed by atoms with E-state index in [1.807, 2.05) is 0 Å². The summed E-state index contributed by atoms with van der Waals surface area (Å²) in [6, 6.07) is 63.3. The zero-order chi connectivity index (χ0) is 33.9. The molecule has 0 spiro atoms. The third kappa shape index (κ3) is 4.82. The van der Waals surface area contributed by atoms with Crippen molar-refractivity contribution >= 4 is 43.6 Å². The van der Waals surface area contributed by atoms with E-state index in [0.717, 1.165) is 11.4 Å². The molecule has 3 atom stereocenters. The zero-order valence-electron chi connectivity index (χ0n) is 28.3. The van der Waals surface area contributed by atoms with E-state index in [9.17, 15) is 0 Å². The van der Waals surface area contributed by atoms with Crippen molar-refractivity contribution in [2.75, 3.05) is 0 Å². The van der Waals surface area contributed by atoms with Gasteiger partial charge >= 0.3 is 0 Å². The van der Waals surface area contributed by atoms with Crippen LogP contribution in [0.25, 0.3) is 55.0 Å². The monoisotopic (exact) mass is 659 g/mol. The van der Waals surface area contributed by atoms with Crippen LogP contribution in [-0.4, -0.2) is 9.13 Å². The third-order valence-electron chi connectivity index (χ3n) is 10.7. The number of aromatic nitrogens is 2. The summed E-state index contributed by atoms with van der Waals surface area (Å²) in [6.45, 7) is 2.23. The maximum atomic E-state index is 3.91. The molecule has 0 aliphatic carbocycles. The normalized spacial score (nSPS) is 19.3. The number of hydrogen-bond acceptors (Lipinski definition) is 3. The summed E-state index contributed by atoms with van der Waals surface area (Å²) in [4.78, 5) is 0. The Morgan fingerprint density at radius 2 is 0.843 bits per heavy atom. The minimum Gasteiger partial charge on any atom is -0.307 e. The van der Waals surface area contributed by atoms with Crippen LogP contribution in [0.5, 0.6) is 0 Å². The van der Waals surface area contributed by atoms with E-state index in [1.54, 1.807) is 0 Å². The van der Waals surface area contributed by atoms with Crippen LogP contribution in [-0.2, 0) is 5.66 Å². The van der Waals surface area contributed by atoms with E-state index in [4.69, 9.17) is 0 Å². The first-order valence-electron chi connectivity index (χ1n) is 17.7. The maximum absolute atomic E-state index is 3.91. The minimum atomic E-state index is -0.459. The van der Waals surface area contributed by atoms with Crippen LogP contribution in [0.15, 0.2) is 176 Å². The van der Waals surface area contributed by atoms with E-state index in [2.05, 4.69) is 208 Å². The van der Waals surface area contributed by atoms with Gasteiger partial charge in [0, 0.05) is 32.9 Å². The van der Waals surface area contributed by atoms with Crippen molar-refractivity contribution in [2.45, 2.75) is 24.9 Å². The smallest absolute Gasteiger partial charge is 0.0949 e. The molecule has 51 heavy (non-hydrogen) atoms. The molecular formula is C46H37N5. The van der Waals surface area contributed by atoms with E-state index >= 15 is 0 Å². The lowest BCUT2D eigenvalue weighted by Gasteiger charge is -2.46. The largest absolute Gasteiger partial charge is 0.307 e. The van der Waals surface area contributed by atoms with Gasteiger partial charge in [-0.05, 0) is 60.0 Å². The van der Waals surface area contributed by atoms with Gasteiger partial charge in [0.05, 0.1) is 40.1 Å². The predicted octanol–water partition coefficient (Wildman–Crippen LogP) is 10.2. The summed E-state index contributed by atoms with van der Waals surface area (Å²) < 4.78 is 4.90. The Balaban J connectivity index is 1.15. The molecule has 5 nitrogen and oxygen atoms in total. The number of nitrogens with one attached hydrogen (secondary N) is 3. The second kappa shape index (κ2) is 11.8. The summed E-state index contributed by atoms with van der Waals surface area (Å²) in [5.41, 5.74) is 10.2. The van der Waals surface area contributed by atoms with Crippen LogP contribution in [0.4, 0.5) is 0 Å². The van der Waals surface area contributed by atoms with Crippen molar-refractivity contribution in [1.82, 2.24) is 25.1 Å². The molecule has 5 heteroatoms.